The smallest absolute Gasteiger partial charge is 0.135 e. The molecule has 0 aliphatic heterocycles. The van der Waals surface area contributed by atoms with E-state index in [0.717, 1.165) is 21.1 Å². The number of nitrogens with zero attached hydrogens (tertiary/aromatic N) is 1. The maximum absolute atomic E-state index is 9.69. The van der Waals surface area contributed by atoms with Gasteiger partial charge in [0.1, 0.15) is 10.6 Å². The molecule has 0 amide bonds. The molecular weight excluding hydrogens is 170 g/mol. The average Bonchev–Trinajstić information content (AvgIpc) is 2.47. The number of pyridine rings is 1. The van der Waals surface area contributed by atoms with E-state index in [9.17, 15) is 5.11 Å². The number of benzene rings is 1. The van der Waals surface area contributed by atoms with Gasteiger partial charge in [-0.1, -0.05) is 6.07 Å². The molecule has 2 nitrogen and oxygen atoms in total. The Labute approximate surface area is 72.4 Å². The lowest BCUT2D eigenvalue weighted by Gasteiger charge is -2.00. The predicted molar refractivity (Wildman–Crippen MR) is 50.0 cm³/mol. The summed E-state index contributed by atoms with van der Waals surface area (Å²) in [6, 6.07) is 5.72. The summed E-state index contributed by atoms with van der Waals surface area (Å²) < 4.78 is 0. The summed E-state index contributed by atoms with van der Waals surface area (Å²) in [6.07, 6.45) is 0. The summed E-state index contributed by atoms with van der Waals surface area (Å²) in [5, 5.41) is 13.4. The average molecular weight is 175 g/mol. The van der Waals surface area contributed by atoms with Crippen LogP contribution in [0.2, 0.25) is 0 Å². The van der Waals surface area contributed by atoms with Gasteiger partial charge in [0.15, 0.2) is 0 Å². The Kier molecular flexibility index (Phi) is 0.966. The van der Waals surface area contributed by atoms with Gasteiger partial charge in [-0.3, -0.25) is 0 Å². The minimum Gasteiger partial charge on any atom is -0.507 e. The Balaban J connectivity index is 2.82. The second-order valence-corrected chi connectivity index (χ2v) is 3.60. The van der Waals surface area contributed by atoms with E-state index >= 15 is 0 Å². The third-order valence-electron chi connectivity index (χ3n) is 2.05. The van der Waals surface area contributed by atoms with Gasteiger partial charge in [0.05, 0.1) is 10.9 Å². The highest BCUT2D eigenvalue weighted by Gasteiger charge is 2.09. The van der Waals surface area contributed by atoms with Crippen LogP contribution in [0.25, 0.3) is 21.1 Å². The van der Waals surface area contributed by atoms with Gasteiger partial charge in [-0.2, -0.15) is 0 Å². The quantitative estimate of drug-likeness (QED) is 0.569. The highest BCUT2D eigenvalue weighted by molar-refractivity contribution is 7.17. The van der Waals surface area contributed by atoms with Gasteiger partial charge in [-0.05, 0) is 12.1 Å². The van der Waals surface area contributed by atoms with Gasteiger partial charge in [0.2, 0.25) is 0 Å². The molecule has 3 aromatic rings. The van der Waals surface area contributed by atoms with Crippen molar-refractivity contribution in [3.8, 4) is 5.75 Å². The number of aromatic nitrogens is 1. The molecule has 0 fully saturated rings. The van der Waals surface area contributed by atoms with Gasteiger partial charge < -0.3 is 5.11 Å². The zero-order chi connectivity index (χ0) is 8.13. The molecule has 0 aliphatic rings. The van der Waals surface area contributed by atoms with Crippen molar-refractivity contribution in [3.63, 3.8) is 0 Å². The summed E-state index contributed by atoms with van der Waals surface area (Å²) in [5.41, 5.74) is 0.889. The zero-order valence-electron chi connectivity index (χ0n) is 6.11. The van der Waals surface area contributed by atoms with Crippen molar-refractivity contribution >= 4 is 32.5 Å². The fourth-order valence-corrected chi connectivity index (χ4v) is 2.29. The van der Waals surface area contributed by atoms with E-state index in [1.807, 2.05) is 23.6 Å². The van der Waals surface area contributed by atoms with Crippen molar-refractivity contribution in [2.75, 3.05) is 0 Å². The number of phenolic OH excluding ortho intramolecular Hbond substituents is 1. The van der Waals surface area contributed by atoms with E-state index in [0.29, 0.717) is 5.75 Å². The Bertz CT molecular complexity index is 499. The van der Waals surface area contributed by atoms with Crippen molar-refractivity contribution in [1.82, 2.24) is 4.98 Å². The topological polar surface area (TPSA) is 33.1 Å². The SMILES string of the molecule is Oc1c2cccc1c1nc2cs1. The number of fused-ring (bicyclic) bond motifs is 6. The van der Waals surface area contributed by atoms with Crippen LogP contribution in [0.15, 0.2) is 23.6 Å². The van der Waals surface area contributed by atoms with Gasteiger partial charge in [-0.15, -0.1) is 11.3 Å². The lowest BCUT2D eigenvalue weighted by molar-refractivity contribution is 0.487. The molecular formula is C9H5NOS. The van der Waals surface area contributed by atoms with Crippen molar-refractivity contribution in [1.29, 1.82) is 0 Å². The standard InChI is InChI=1S/C9H5NOS/c11-8-5-2-1-3-6(8)9-10-7(5)4-12-9/h1-4,11H. The molecule has 0 saturated carbocycles. The van der Waals surface area contributed by atoms with Crippen molar-refractivity contribution in [3.05, 3.63) is 23.6 Å². The molecule has 0 unspecified atom stereocenters. The van der Waals surface area contributed by atoms with Crippen LogP contribution in [0.1, 0.15) is 0 Å². The molecule has 12 heavy (non-hydrogen) atoms. The number of hydrogen-bond donors (Lipinski definition) is 1. The predicted octanol–water partition coefficient (Wildman–Crippen LogP) is 2.59. The minimum absolute atomic E-state index is 0.374. The van der Waals surface area contributed by atoms with E-state index < -0.39 is 0 Å². The molecule has 0 atom stereocenters. The first kappa shape index (κ1) is 6.20. The van der Waals surface area contributed by atoms with Crippen molar-refractivity contribution < 1.29 is 5.11 Å². The van der Waals surface area contributed by atoms with Crippen molar-refractivity contribution in [2.24, 2.45) is 0 Å². The second-order valence-electron chi connectivity index (χ2n) is 2.74. The molecule has 0 saturated heterocycles. The molecule has 2 aromatic heterocycles. The lowest BCUT2D eigenvalue weighted by atomic mass is 10.1. The maximum atomic E-state index is 9.69. The third kappa shape index (κ3) is 0.576. The van der Waals surface area contributed by atoms with Gasteiger partial charge >= 0.3 is 0 Å². The Morgan fingerprint density at radius 1 is 1.25 bits per heavy atom. The summed E-state index contributed by atoms with van der Waals surface area (Å²) in [7, 11) is 0. The first-order chi connectivity index (χ1) is 5.86. The molecule has 0 radical (unpaired) electrons. The second kappa shape index (κ2) is 1.87. The van der Waals surface area contributed by atoms with Gasteiger partial charge in [0, 0.05) is 10.8 Å². The molecule has 2 heterocycles. The van der Waals surface area contributed by atoms with Gasteiger partial charge in [0.25, 0.3) is 0 Å². The number of phenols is 1. The molecule has 3 rings (SSSR count). The van der Waals surface area contributed by atoms with Crippen LogP contribution in [0.3, 0.4) is 0 Å². The number of hydrogen-bond acceptors (Lipinski definition) is 3. The molecule has 1 aromatic carbocycles. The van der Waals surface area contributed by atoms with Crippen LogP contribution in [-0.2, 0) is 0 Å². The molecule has 4 bridgehead atoms. The number of rotatable bonds is 0. The molecule has 0 spiro atoms. The van der Waals surface area contributed by atoms with E-state index in [1.54, 1.807) is 11.3 Å². The van der Waals surface area contributed by atoms with Crippen LogP contribution in [0.5, 0.6) is 5.75 Å². The first-order valence-electron chi connectivity index (χ1n) is 3.64. The molecule has 58 valence electrons. The maximum Gasteiger partial charge on any atom is 0.135 e. The van der Waals surface area contributed by atoms with E-state index in [-0.39, 0.29) is 0 Å². The minimum atomic E-state index is 0.374. The first-order valence-corrected chi connectivity index (χ1v) is 4.52. The zero-order valence-corrected chi connectivity index (χ0v) is 6.93. The summed E-state index contributed by atoms with van der Waals surface area (Å²) in [6.45, 7) is 0. The van der Waals surface area contributed by atoms with E-state index in [4.69, 9.17) is 0 Å². The van der Waals surface area contributed by atoms with Crippen LogP contribution < -0.4 is 0 Å². The molecule has 0 aliphatic carbocycles. The monoisotopic (exact) mass is 175 g/mol. The lowest BCUT2D eigenvalue weighted by Crippen LogP contribution is -1.77. The third-order valence-corrected chi connectivity index (χ3v) is 2.92. The highest BCUT2D eigenvalue weighted by atomic mass is 32.1. The van der Waals surface area contributed by atoms with Crippen LogP contribution in [0.4, 0.5) is 0 Å². The normalized spacial score (nSPS) is 11.7. The number of thiazole rings is 1. The van der Waals surface area contributed by atoms with Crippen molar-refractivity contribution in [2.45, 2.75) is 0 Å². The van der Waals surface area contributed by atoms with Crippen LogP contribution >= 0.6 is 11.3 Å². The summed E-state index contributed by atoms with van der Waals surface area (Å²) in [4.78, 5) is 5.24. The Hall–Kier alpha value is -1.35. The summed E-state index contributed by atoms with van der Waals surface area (Å²) >= 11 is 1.57. The van der Waals surface area contributed by atoms with Gasteiger partial charge in [-0.25, -0.2) is 4.98 Å². The Morgan fingerprint density at radius 2 is 2.08 bits per heavy atom. The highest BCUT2D eigenvalue weighted by Crippen LogP contribution is 2.36. The van der Waals surface area contributed by atoms with E-state index in [2.05, 4.69) is 4.98 Å². The molecule has 1 N–H and O–H groups in total. The number of para-hydroxylation sites is 1. The fourth-order valence-electron chi connectivity index (χ4n) is 1.44. The Morgan fingerprint density at radius 3 is 3.00 bits per heavy atom. The van der Waals surface area contributed by atoms with Crippen LogP contribution in [0, 0.1) is 0 Å². The number of aromatic hydroxyl groups is 1. The summed E-state index contributed by atoms with van der Waals surface area (Å²) in [5.74, 6) is 0.374. The van der Waals surface area contributed by atoms with Crippen LogP contribution in [-0.4, -0.2) is 10.1 Å². The molecule has 3 heteroatoms. The fraction of sp³-hybridized carbons (Fsp3) is 0. The largest absolute Gasteiger partial charge is 0.507 e. The van der Waals surface area contributed by atoms with E-state index in [1.165, 1.54) is 0 Å².